The lowest BCUT2D eigenvalue weighted by atomic mass is 9.92. The summed E-state index contributed by atoms with van der Waals surface area (Å²) < 4.78 is 0. The fourth-order valence-corrected chi connectivity index (χ4v) is 10.1. The van der Waals surface area contributed by atoms with Crippen LogP contribution < -0.4 is 53.2 Å². The highest BCUT2D eigenvalue weighted by atomic mass is 16.3. The highest BCUT2D eigenvalue weighted by molar-refractivity contribution is 5.99. The van der Waals surface area contributed by atoms with Crippen molar-refractivity contribution in [3.63, 3.8) is 0 Å². The van der Waals surface area contributed by atoms with Crippen LogP contribution in [0.2, 0.25) is 0 Å². The van der Waals surface area contributed by atoms with Crippen molar-refractivity contribution in [2.75, 3.05) is 32.8 Å². The van der Waals surface area contributed by atoms with Gasteiger partial charge in [0, 0.05) is 57.9 Å². The Balaban J connectivity index is 3.31. The summed E-state index contributed by atoms with van der Waals surface area (Å²) >= 11 is 0. The van der Waals surface area contributed by atoms with E-state index in [0.717, 1.165) is 32.1 Å². The summed E-state index contributed by atoms with van der Waals surface area (Å²) in [6, 6.07) is -8.07. The summed E-state index contributed by atoms with van der Waals surface area (Å²) in [5, 5.41) is 47.3. The van der Waals surface area contributed by atoms with Crippen molar-refractivity contribution < 1.29 is 63.0 Å². The summed E-state index contributed by atoms with van der Waals surface area (Å²) in [7, 11) is 0. The van der Waals surface area contributed by atoms with E-state index in [1.165, 1.54) is 32.6 Å². The third-order valence-electron chi connectivity index (χ3n) is 14.9. The number of ketones is 1. The van der Waals surface area contributed by atoms with Crippen LogP contribution >= 0.6 is 0 Å². The van der Waals surface area contributed by atoms with Crippen LogP contribution in [0.15, 0.2) is 0 Å². The number of Topliss-reactive ketones (excluding diaryl/α,β-unsaturated/α-hetero) is 1. The molecule has 24 heteroatoms. The van der Waals surface area contributed by atoms with Crippen molar-refractivity contribution in [3.8, 4) is 0 Å². The number of nitrogens with zero attached hydrogens (tertiary/aromatic N) is 1. The second kappa shape index (κ2) is 40.6. The van der Waals surface area contributed by atoms with Crippen LogP contribution in [0.4, 0.5) is 0 Å². The number of aliphatic hydroxyl groups is 2. The Hall–Kier alpha value is -5.75. The minimum absolute atomic E-state index is 0.00317. The van der Waals surface area contributed by atoms with Gasteiger partial charge in [-0.05, 0) is 110 Å². The van der Waals surface area contributed by atoms with E-state index in [2.05, 4.69) is 60.1 Å². The number of unbranched alkanes of at least 4 members (excludes halogenated alkanes) is 3. The lowest BCUT2D eigenvalue weighted by molar-refractivity contribution is -0.140. The molecule has 12 N–H and O–H groups in total. The van der Waals surface area contributed by atoms with E-state index in [-0.39, 0.29) is 118 Å². The van der Waals surface area contributed by atoms with Gasteiger partial charge in [-0.2, -0.15) is 0 Å². The van der Waals surface area contributed by atoms with Gasteiger partial charge in [-0.1, -0.05) is 94.4 Å². The number of nitrogens with one attached hydrogen (secondary N) is 10. The molecular weight excluding hydrogens is 1090 g/mol. The van der Waals surface area contributed by atoms with Gasteiger partial charge in [0.25, 0.3) is 0 Å². The van der Waals surface area contributed by atoms with Crippen molar-refractivity contribution in [1.29, 1.82) is 0 Å². The number of hydrogen-bond donors (Lipinski definition) is 12. The lowest BCUT2D eigenvalue weighted by Crippen LogP contribution is -2.63. The van der Waals surface area contributed by atoms with E-state index in [4.69, 9.17) is 5.11 Å². The molecule has 11 atom stereocenters. The highest BCUT2D eigenvalue weighted by Crippen LogP contribution is 2.22. The quantitative estimate of drug-likeness (QED) is 0.0391. The monoisotopic (exact) mass is 1210 g/mol. The Bertz CT molecular complexity index is 2140. The van der Waals surface area contributed by atoms with Crippen molar-refractivity contribution in [2.24, 2.45) is 23.7 Å². The van der Waals surface area contributed by atoms with Crippen LogP contribution in [0.25, 0.3) is 0 Å². The smallest absolute Gasteiger partial charge is 0.245 e. The zero-order chi connectivity index (χ0) is 64.6. The fraction of sp³-hybridized carbons (Fsp3) is 0.820. The van der Waals surface area contributed by atoms with Crippen molar-refractivity contribution in [2.45, 2.75) is 266 Å². The molecule has 1 aliphatic rings. The SMILES string of the molecule is CCCCCCC(C)CC(NC(=O)C(C)NC(=O)C(C)NC(=O)C(CC(C)CC(O)CC(=O)CC)NC(=O)C1CCCN1C(=O)CCC)C(=O)NC(CC(C)C)C(=O)NC(C)(C)C(=O)NC(CC(C)C)C(=O)NCCC(=O)NC(C)CNCCO. The summed E-state index contributed by atoms with van der Waals surface area (Å²) in [5.41, 5.74) is -1.60. The standard InChI is InChI=1S/C61H111N11O13/c1-15-18-19-20-23-39(8)33-48(57(82)68-47(31-38(6)7)58(83)71-61(13,14)60(85)70-46(30-37(4)5)55(80)63-26-25-51(76)64-41(10)36-62-27-29-73)67-54(79)43(12)65-53(78)42(11)66-56(81)49(34-40(9)32-45(75)35-44(74)17-3)69-59(84)50-24-21-28-72(50)52(77)22-16-2/h37-43,45-50,62,73,75H,15-36H2,1-14H3,(H,63,80)(H,64,76)(H,65,78)(H,66,81)(H,67,79)(H,68,82)(H,69,84)(H,70,85)(H,71,83). The van der Waals surface area contributed by atoms with Crippen molar-refractivity contribution in [3.05, 3.63) is 0 Å². The van der Waals surface area contributed by atoms with Gasteiger partial charge >= 0.3 is 0 Å². The predicted octanol–water partition coefficient (Wildman–Crippen LogP) is 2.45. The second-order valence-electron chi connectivity index (χ2n) is 25.0. The van der Waals surface area contributed by atoms with Gasteiger partial charge in [-0.25, -0.2) is 0 Å². The minimum Gasteiger partial charge on any atom is -0.395 e. The molecule has 11 unspecified atom stereocenters. The first kappa shape index (κ1) is 77.3. The Morgan fingerprint density at radius 2 is 1.13 bits per heavy atom. The average molecular weight is 1210 g/mol. The molecule has 10 amide bonds. The maximum Gasteiger partial charge on any atom is 0.245 e. The predicted molar refractivity (Wildman–Crippen MR) is 326 cm³/mol. The first-order valence-corrected chi connectivity index (χ1v) is 31.4. The maximum atomic E-state index is 14.4. The molecule has 0 saturated carbocycles. The molecule has 0 bridgehead atoms. The Labute approximate surface area is 506 Å². The average Bonchev–Trinajstić information content (AvgIpc) is 4.12. The molecule has 1 heterocycles. The number of carbonyl (C=O) groups is 11. The third kappa shape index (κ3) is 30.9. The van der Waals surface area contributed by atoms with Gasteiger partial charge < -0.3 is 68.3 Å². The molecule has 0 aromatic carbocycles. The summed E-state index contributed by atoms with van der Waals surface area (Å²) in [5.74, 6) is -6.48. The topological polar surface area (TPSA) is 352 Å². The van der Waals surface area contributed by atoms with Gasteiger partial charge in [0.1, 0.15) is 53.6 Å². The molecule has 0 radical (unpaired) electrons. The third-order valence-corrected chi connectivity index (χ3v) is 14.9. The van der Waals surface area contributed by atoms with Crippen LogP contribution in [0, 0.1) is 23.7 Å². The Morgan fingerprint density at radius 1 is 0.576 bits per heavy atom. The highest BCUT2D eigenvalue weighted by Gasteiger charge is 2.39. The van der Waals surface area contributed by atoms with E-state index < -0.39 is 101 Å². The zero-order valence-electron chi connectivity index (χ0n) is 53.9. The lowest BCUT2D eigenvalue weighted by Gasteiger charge is -2.31. The molecule has 1 fully saturated rings. The van der Waals surface area contributed by atoms with Gasteiger partial charge in [0.15, 0.2) is 0 Å². The summed E-state index contributed by atoms with van der Waals surface area (Å²) in [6.45, 7) is 25.6. The molecule has 1 rings (SSSR count). The van der Waals surface area contributed by atoms with Crippen LogP contribution in [-0.4, -0.2) is 173 Å². The van der Waals surface area contributed by atoms with Crippen LogP contribution in [0.3, 0.4) is 0 Å². The van der Waals surface area contributed by atoms with Crippen molar-refractivity contribution >= 4 is 64.9 Å². The maximum absolute atomic E-state index is 14.4. The molecule has 488 valence electrons. The largest absolute Gasteiger partial charge is 0.395 e. The number of likely N-dealkylation sites (tertiary alicyclic amines) is 1. The number of hydrogen-bond acceptors (Lipinski definition) is 14. The van der Waals surface area contributed by atoms with Gasteiger partial charge in [-0.3, -0.25) is 52.7 Å². The normalized spacial score (nSPS) is 16.9. The van der Waals surface area contributed by atoms with Gasteiger partial charge in [0.05, 0.1) is 12.7 Å². The molecular formula is C61H111N11O13. The number of carbonyl (C=O) groups excluding carboxylic acids is 11. The van der Waals surface area contributed by atoms with E-state index in [1.807, 2.05) is 41.5 Å². The number of rotatable bonds is 43. The molecule has 0 spiro atoms. The van der Waals surface area contributed by atoms with E-state index >= 15 is 0 Å². The Morgan fingerprint density at radius 3 is 1.72 bits per heavy atom. The molecule has 1 aliphatic heterocycles. The number of aliphatic hydroxyl groups excluding tert-OH is 2. The van der Waals surface area contributed by atoms with E-state index in [0.29, 0.717) is 38.9 Å². The summed E-state index contributed by atoms with van der Waals surface area (Å²) in [6.07, 6.45) is 6.47. The van der Waals surface area contributed by atoms with E-state index in [1.54, 1.807) is 20.8 Å². The molecule has 0 aromatic rings. The molecule has 0 aromatic heterocycles. The second-order valence-corrected chi connectivity index (χ2v) is 25.0. The first-order valence-electron chi connectivity index (χ1n) is 31.4. The summed E-state index contributed by atoms with van der Waals surface area (Å²) in [4.78, 5) is 151. The Kier molecular flexibility index (Phi) is 36.9. The van der Waals surface area contributed by atoms with Crippen LogP contribution in [-0.2, 0) is 52.7 Å². The minimum atomic E-state index is -1.60. The van der Waals surface area contributed by atoms with Crippen LogP contribution in [0.1, 0.15) is 206 Å². The van der Waals surface area contributed by atoms with Crippen molar-refractivity contribution in [1.82, 2.24) is 58.1 Å². The molecule has 0 aliphatic carbocycles. The molecule has 85 heavy (non-hydrogen) atoms. The van der Waals surface area contributed by atoms with Gasteiger partial charge in [0.2, 0.25) is 59.1 Å². The first-order chi connectivity index (χ1) is 39.9. The van der Waals surface area contributed by atoms with Crippen LogP contribution in [0.5, 0.6) is 0 Å². The molecule has 24 nitrogen and oxygen atoms in total. The van der Waals surface area contributed by atoms with E-state index in [9.17, 15) is 57.8 Å². The molecule has 1 saturated heterocycles. The zero-order valence-corrected chi connectivity index (χ0v) is 53.9. The number of amides is 10. The fourth-order valence-electron chi connectivity index (χ4n) is 10.1. The van der Waals surface area contributed by atoms with Gasteiger partial charge in [-0.15, -0.1) is 0 Å².